The van der Waals surface area contributed by atoms with E-state index in [0.29, 0.717) is 17.5 Å². The molecule has 1 aromatic carbocycles. The van der Waals surface area contributed by atoms with Gasteiger partial charge in [0.2, 0.25) is 0 Å². The van der Waals surface area contributed by atoms with Gasteiger partial charge in [-0.2, -0.15) is 4.98 Å². The Morgan fingerprint density at radius 2 is 2.11 bits per heavy atom. The predicted molar refractivity (Wildman–Crippen MR) is 69.8 cm³/mol. The maximum absolute atomic E-state index is 9.50. The summed E-state index contributed by atoms with van der Waals surface area (Å²) in [4.78, 5) is 4.23. The van der Waals surface area contributed by atoms with Gasteiger partial charge < -0.3 is 14.4 Å². The van der Waals surface area contributed by atoms with Crippen LogP contribution in [0.2, 0.25) is 0 Å². The molecular formula is C14H18N2O3. The van der Waals surface area contributed by atoms with Gasteiger partial charge in [0.15, 0.2) is 12.4 Å². The van der Waals surface area contributed by atoms with E-state index in [4.69, 9.17) is 9.26 Å². The third-order valence-corrected chi connectivity index (χ3v) is 2.70. The SMILES string of the molecule is CC(C)c1noc(COc2cccc([C@@H](C)O)c2)n1. The molecule has 0 saturated carbocycles. The van der Waals surface area contributed by atoms with Gasteiger partial charge in [0.25, 0.3) is 5.89 Å². The molecular weight excluding hydrogens is 244 g/mol. The molecule has 0 aliphatic carbocycles. The van der Waals surface area contributed by atoms with Crippen LogP contribution in [0.25, 0.3) is 0 Å². The van der Waals surface area contributed by atoms with Crippen molar-refractivity contribution in [2.75, 3.05) is 0 Å². The number of aliphatic hydroxyl groups is 1. The van der Waals surface area contributed by atoms with Gasteiger partial charge in [-0.1, -0.05) is 31.1 Å². The lowest BCUT2D eigenvalue weighted by Gasteiger charge is -2.07. The number of aromatic nitrogens is 2. The minimum Gasteiger partial charge on any atom is -0.484 e. The van der Waals surface area contributed by atoms with Gasteiger partial charge in [-0.3, -0.25) is 0 Å². The van der Waals surface area contributed by atoms with Gasteiger partial charge in [-0.05, 0) is 24.6 Å². The highest BCUT2D eigenvalue weighted by atomic mass is 16.5. The van der Waals surface area contributed by atoms with Gasteiger partial charge in [0.1, 0.15) is 5.75 Å². The highest BCUT2D eigenvalue weighted by Crippen LogP contribution is 2.19. The summed E-state index contributed by atoms with van der Waals surface area (Å²) in [5.41, 5.74) is 0.811. The summed E-state index contributed by atoms with van der Waals surface area (Å²) in [5, 5.41) is 13.4. The van der Waals surface area contributed by atoms with Crippen LogP contribution in [0.5, 0.6) is 5.75 Å². The average molecular weight is 262 g/mol. The minimum atomic E-state index is -0.514. The molecule has 0 fully saturated rings. The third-order valence-electron chi connectivity index (χ3n) is 2.70. The lowest BCUT2D eigenvalue weighted by atomic mass is 10.1. The van der Waals surface area contributed by atoms with Crippen molar-refractivity contribution < 1.29 is 14.4 Å². The fourth-order valence-corrected chi connectivity index (χ4v) is 1.57. The monoisotopic (exact) mass is 262 g/mol. The van der Waals surface area contributed by atoms with Crippen LogP contribution in [-0.4, -0.2) is 15.2 Å². The average Bonchev–Trinajstić information content (AvgIpc) is 2.85. The lowest BCUT2D eigenvalue weighted by Crippen LogP contribution is -1.98. The number of hydrogen-bond donors (Lipinski definition) is 1. The van der Waals surface area contributed by atoms with Crippen LogP contribution in [0.3, 0.4) is 0 Å². The highest BCUT2D eigenvalue weighted by Gasteiger charge is 2.10. The molecule has 0 aliphatic heterocycles. The van der Waals surface area contributed by atoms with Crippen LogP contribution >= 0.6 is 0 Å². The predicted octanol–water partition coefficient (Wildman–Crippen LogP) is 2.83. The van der Waals surface area contributed by atoms with E-state index in [-0.39, 0.29) is 12.5 Å². The largest absolute Gasteiger partial charge is 0.484 e. The first kappa shape index (κ1) is 13.5. The molecule has 0 spiro atoms. The Kier molecular flexibility index (Phi) is 4.16. The lowest BCUT2D eigenvalue weighted by molar-refractivity contribution is 0.197. The fourth-order valence-electron chi connectivity index (χ4n) is 1.57. The van der Waals surface area contributed by atoms with Crippen molar-refractivity contribution in [1.29, 1.82) is 0 Å². The van der Waals surface area contributed by atoms with E-state index in [9.17, 15) is 5.11 Å². The normalized spacial score (nSPS) is 12.7. The third kappa shape index (κ3) is 3.54. The van der Waals surface area contributed by atoms with Crippen LogP contribution < -0.4 is 4.74 Å². The molecule has 2 aromatic rings. The Morgan fingerprint density at radius 1 is 1.32 bits per heavy atom. The summed E-state index contributed by atoms with van der Waals surface area (Å²) in [5.74, 6) is 2.03. The first-order valence-corrected chi connectivity index (χ1v) is 6.29. The second-order valence-corrected chi connectivity index (χ2v) is 4.74. The van der Waals surface area contributed by atoms with Crippen molar-refractivity contribution >= 4 is 0 Å². The molecule has 5 nitrogen and oxygen atoms in total. The molecule has 0 aliphatic rings. The molecule has 1 heterocycles. The summed E-state index contributed by atoms with van der Waals surface area (Å²) in [7, 11) is 0. The second-order valence-electron chi connectivity index (χ2n) is 4.74. The Balaban J connectivity index is 1.99. The summed E-state index contributed by atoms with van der Waals surface area (Å²) in [6.07, 6.45) is -0.514. The van der Waals surface area contributed by atoms with E-state index in [1.54, 1.807) is 13.0 Å². The molecule has 0 saturated heterocycles. The van der Waals surface area contributed by atoms with E-state index >= 15 is 0 Å². The molecule has 102 valence electrons. The number of rotatable bonds is 5. The summed E-state index contributed by atoms with van der Waals surface area (Å²) in [6, 6.07) is 7.31. The summed E-state index contributed by atoms with van der Waals surface area (Å²) < 4.78 is 10.7. The van der Waals surface area contributed by atoms with Gasteiger partial charge in [0.05, 0.1) is 6.10 Å². The van der Waals surface area contributed by atoms with Crippen molar-refractivity contribution in [2.45, 2.75) is 39.4 Å². The first-order valence-electron chi connectivity index (χ1n) is 6.29. The van der Waals surface area contributed by atoms with E-state index in [0.717, 1.165) is 5.56 Å². The van der Waals surface area contributed by atoms with E-state index in [2.05, 4.69) is 10.1 Å². The zero-order chi connectivity index (χ0) is 13.8. The van der Waals surface area contributed by atoms with Crippen molar-refractivity contribution in [3.8, 4) is 5.75 Å². The van der Waals surface area contributed by atoms with Crippen LogP contribution in [0, 0.1) is 0 Å². The molecule has 0 unspecified atom stereocenters. The molecule has 0 bridgehead atoms. The summed E-state index contributed by atoms with van der Waals surface area (Å²) in [6.45, 7) is 5.94. The van der Waals surface area contributed by atoms with E-state index in [1.165, 1.54) is 0 Å². The molecule has 5 heteroatoms. The van der Waals surface area contributed by atoms with Gasteiger partial charge in [-0.25, -0.2) is 0 Å². The standard InChI is InChI=1S/C14H18N2O3/c1-9(2)14-15-13(19-16-14)8-18-12-6-4-5-11(7-12)10(3)17/h4-7,9-10,17H,8H2,1-3H3/t10-/m1/s1. The van der Waals surface area contributed by atoms with Crippen LogP contribution in [0.1, 0.15) is 50.1 Å². The Morgan fingerprint density at radius 3 is 2.74 bits per heavy atom. The number of aliphatic hydroxyl groups excluding tert-OH is 1. The van der Waals surface area contributed by atoms with Gasteiger partial charge in [0, 0.05) is 5.92 Å². The Hall–Kier alpha value is -1.88. The van der Waals surface area contributed by atoms with Crippen molar-refractivity contribution in [1.82, 2.24) is 10.1 Å². The minimum absolute atomic E-state index is 0.225. The number of ether oxygens (including phenoxy) is 1. The quantitative estimate of drug-likeness (QED) is 0.897. The molecule has 0 radical (unpaired) electrons. The van der Waals surface area contributed by atoms with Gasteiger partial charge >= 0.3 is 0 Å². The Bertz CT molecular complexity index is 535. The maximum Gasteiger partial charge on any atom is 0.264 e. The molecule has 2 rings (SSSR count). The molecule has 19 heavy (non-hydrogen) atoms. The van der Waals surface area contributed by atoms with E-state index < -0.39 is 6.10 Å². The van der Waals surface area contributed by atoms with Crippen molar-refractivity contribution in [2.24, 2.45) is 0 Å². The van der Waals surface area contributed by atoms with Crippen LogP contribution in [0.4, 0.5) is 0 Å². The topological polar surface area (TPSA) is 68.4 Å². The first-order chi connectivity index (χ1) is 9.06. The van der Waals surface area contributed by atoms with Crippen LogP contribution in [-0.2, 0) is 6.61 Å². The highest BCUT2D eigenvalue weighted by molar-refractivity contribution is 5.29. The molecule has 1 atom stereocenters. The summed E-state index contributed by atoms with van der Waals surface area (Å²) >= 11 is 0. The zero-order valence-corrected chi connectivity index (χ0v) is 11.3. The Labute approximate surface area is 112 Å². The van der Waals surface area contributed by atoms with Crippen molar-refractivity contribution in [3.05, 3.63) is 41.5 Å². The van der Waals surface area contributed by atoms with Crippen molar-refractivity contribution in [3.63, 3.8) is 0 Å². The molecule has 0 amide bonds. The molecule has 1 aromatic heterocycles. The van der Waals surface area contributed by atoms with Gasteiger partial charge in [-0.15, -0.1) is 0 Å². The second kappa shape index (κ2) is 5.84. The number of benzene rings is 1. The van der Waals surface area contributed by atoms with Crippen LogP contribution in [0.15, 0.2) is 28.8 Å². The number of nitrogens with zero attached hydrogens (tertiary/aromatic N) is 2. The number of hydrogen-bond acceptors (Lipinski definition) is 5. The smallest absolute Gasteiger partial charge is 0.264 e. The molecule has 1 N–H and O–H groups in total. The zero-order valence-electron chi connectivity index (χ0n) is 11.3. The fraction of sp³-hybridized carbons (Fsp3) is 0.429. The maximum atomic E-state index is 9.50. The van der Waals surface area contributed by atoms with E-state index in [1.807, 2.05) is 32.0 Å².